The molecular formula is C16H13N3O2S3. The molecule has 0 radical (unpaired) electrons. The van der Waals surface area contributed by atoms with Crippen LogP contribution in [0, 0.1) is 0 Å². The first-order valence-electron chi connectivity index (χ1n) is 7.13. The number of hydrogen-bond donors (Lipinski definition) is 1. The van der Waals surface area contributed by atoms with Crippen molar-refractivity contribution < 1.29 is 9.59 Å². The van der Waals surface area contributed by atoms with Gasteiger partial charge >= 0.3 is 0 Å². The summed E-state index contributed by atoms with van der Waals surface area (Å²) in [5.74, 6) is -0.345. The fraction of sp³-hybridized carbons (Fsp3) is 0.125. The van der Waals surface area contributed by atoms with Gasteiger partial charge in [0, 0.05) is 24.5 Å². The van der Waals surface area contributed by atoms with E-state index in [0.29, 0.717) is 14.4 Å². The highest BCUT2D eigenvalue weighted by atomic mass is 32.2. The second kappa shape index (κ2) is 7.69. The first kappa shape index (κ1) is 16.8. The number of amides is 2. The van der Waals surface area contributed by atoms with Crippen LogP contribution in [0.4, 0.5) is 5.13 Å². The lowest BCUT2D eigenvalue weighted by molar-refractivity contribution is -0.122. The smallest absolute Gasteiger partial charge is 0.266 e. The molecule has 0 unspecified atom stereocenters. The number of thiocarbonyl (C=S) groups is 1. The van der Waals surface area contributed by atoms with E-state index in [1.54, 1.807) is 11.6 Å². The van der Waals surface area contributed by atoms with Gasteiger partial charge in [0.2, 0.25) is 5.91 Å². The van der Waals surface area contributed by atoms with Crippen LogP contribution in [0.25, 0.3) is 6.08 Å². The van der Waals surface area contributed by atoms with Crippen molar-refractivity contribution >= 4 is 62.7 Å². The van der Waals surface area contributed by atoms with E-state index in [2.05, 4.69) is 10.3 Å². The molecule has 2 amide bonds. The molecule has 8 heteroatoms. The van der Waals surface area contributed by atoms with Crippen LogP contribution in [-0.2, 0) is 9.59 Å². The molecular weight excluding hydrogens is 362 g/mol. The Kier molecular flexibility index (Phi) is 5.39. The summed E-state index contributed by atoms with van der Waals surface area (Å²) < 4.78 is 0.476. The predicted octanol–water partition coefficient (Wildman–Crippen LogP) is 3.37. The van der Waals surface area contributed by atoms with Crippen molar-refractivity contribution in [3.63, 3.8) is 0 Å². The zero-order valence-corrected chi connectivity index (χ0v) is 14.9. The maximum absolute atomic E-state index is 12.5. The van der Waals surface area contributed by atoms with Crippen LogP contribution in [0.3, 0.4) is 0 Å². The molecule has 0 aliphatic carbocycles. The molecule has 2 heterocycles. The van der Waals surface area contributed by atoms with Crippen LogP contribution in [0.1, 0.15) is 12.0 Å². The van der Waals surface area contributed by atoms with Gasteiger partial charge in [-0.1, -0.05) is 54.3 Å². The average molecular weight is 376 g/mol. The van der Waals surface area contributed by atoms with Crippen molar-refractivity contribution in [2.24, 2.45) is 0 Å². The summed E-state index contributed by atoms with van der Waals surface area (Å²) in [6.07, 6.45) is 3.61. The third-order valence-electron chi connectivity index (χ3n) is 3.21. The van der Waals surface area contributed by atoms with E-state index in [1.807, 2.05) is 36.4 Å². The number of thiazole rings is 1. The summed E-state index contributed by atoms with van der Waals surface area (Å²) in [4.78, 5) is 30.4. The van der Waals surface area contributed by atoms with E-state index in [9.17, 15) is 9.59 Å². The highest BCUT2D eigenvalue weighted by molar-refractivity contribution is 8.26. The fourth-order valence-electron chi connectivity index (χ4n) is 2.07. The molecule has 0 spiro atoms. The number of thioether (sulfide) groups is 1. The Morgan fingerprint density at radius 3 is 2.83 bits per heavy atom. The monoisotopic (exact) mass is 375 g/mol. The van der Waals surface area contributed by atoms with Crippen LogP contribution >= 0.6 is 35.3 Å². The van der Waals surface area contributed by atoms with Crippen molar-refractivity contribution in [2.75, 3.05) is 11.9 Å². The molecule has 0 atom stereocenters. The number of nitrogens with one attached hydrogen (secondary N) is 1. The van der Waals surface area contributed by atoms with Gasteiger partial charge in [0.05, 0.1) is 4.91 Å². The molecule has 24 heavy (non-hydrogen) atoms. The number of anilines is 1. The Morgan fingerprint density at radius 2 is 2.12 bits per heavy atom. The molecule has 2 aromatic rings. The van der Waals surface area contributed by atoms with Crippen molar-refractivity contribution in [3.05, 3.63) is 52.4 Å². The van der Waals surface area contributed by atoms with E-state index >= 15 is 0 Å². The Morgan fingerprint density at radius 1 is 1.33 bits per heavy atom. The fourth-order valence-corrected chi connectivity index (χ4v) is 3.93. The first-order valence-corrected chi connectivity index (χ1v) is 9.24. The number of benzene rings is 1. The average Bonchev–Trinajstić information content (AvgIpc) is 3.16. The molecule has 1 N–H and O–H groups in total. The molecule has 1 aromatic heterocycles. The van der Waals surface area contributed by atoms with Crippen LogP contribution in [0.15, 0.2) is 46.8 Å². The van der Waals surface area contributed by atoms with Gasteiger partial charge in [-0.25, -0.2) is 4.98 Å². The normalized spacial score (nSPS) is 16.0. The second-order valence-electron chi connectivity index (χ2n) is 4.88. The minimum absolute atomic E-state index is 0.157. The van der Waals surface area contributed by atoms with E-state index in [4.69, 9.17) is 12.2 Å². The molecule has 1 fully saturated rings. The minimum Gasteiger partial charge on any atom is -0.302 e. The van der Waals surface area contributed by atoms with Crippen LogP contribution < -0.4 is 5.32 Å². The summed E-state index contributed by atoms with van der Waals surface area (Å²) in [5, 5.41) is 5.03. The van der Waals surface area contributed by atoms with E-state index in [-0.39, 0.29) is 24.8 Å². The van der Waals surface area contributed by atoms with Gasteiger partial charge in [-0.15, -0.1) is 11.3 Å². The zero-order chi connectivity index (χ0) is 16.9. The number of carbonyl (C=O) groups excluding carboxylic acids is 2. The van der Waals surface area contributed by atoms with Gasteiger partial charge in [0.1, 0.15) is 4.32 Å². The number of carbonyl (C=O) groups is 2. The second-order valence-corrected chi connectivity index (χ2v) is 7.45. The molecule has 1 aliphatic heterocycles. The lowest BCUT2D eigenvalue weighted by atomic mass is 10.2. The van der Waals surface area contributed by atoms with Gasteiger partial charge in [-0.05, 0) is 11.6 Å². The topological polar surface area (TPSA) is 62.3 Å². The van der Waals surface area contributed by atoms with Crippen molar-refractivity contribution in [3.8, 4) is 0 Å². The van der Waals surface area contributed by atoms with Crippen molar-refractivity contribution in [2.45, 2.75) is 6.42 Å². The first-order chi connectivity index (χ1) is 11.6. The van der Waals surface area contributed by atoms with Gasteiger partial charge in [0.25, 0.3) is 5.91 Å². The highest BCUT2D eigenvalue weighted by Gasteiger charge is 2.32. The van der Waals surface area contributed by atoms with Gasteiger partial charge in [0.15, 0.2) is 5.13 Å². The predicted molar refractivity (Wildman–Crippen MR) is 102 cm³/mol. The van der Waals surface area contributed by atoms with Gasteiger partial charge in [-0.3, -0.25) is 14.5 Å². The molecule has 0 saturated carbocycles. The standard InChI is InChI=1S/C16H13N3O2S3/c20-13(18-15-17-7-9-23-15)6-8-19-14(21)12(24-16(19)22)10-11-4-2-1-3-5-11/h1-5,7,9-10H,6,8H2,(H,17,18,20)/b12-10-. The largest absolute Gasteiger partial charge is 0.302 e. The number of hydrogen-bond acceptors (Lipinski definition) is 6. The maximum atomic E-state index is 12.5. The van der Waals surface area contributed by atoms with E-state index in [0.717, 1.165) is 5.56 Å². The molecule has 3 rings (SSSR count). The summed E-state index contributed by atoms with van der Waals surface area (Å²) in [7, 11) is 0. The summed E-state index contributed by atoms with van der Waals surface area (Å²) in [6, 6.07) is 9.59. The SMILES string of the molecule is O=C(CCN1C(=O)/C(=C/c2ccccc2)SC1=S)Nc1nccs1. The molecule has 5 nitrogen and oxygen atoms in total. The van der Waals surface area contributed by atoms with Crippen molar-refractivity contribution in [1.82, 2.24) is 9.88 Å². The highest BCUT2D eigenvalue weighted by Crippen LogP contribution is 2.32. The zero-order valence-electron chi connectivity index (χ0n) is 12.5. The van der Waals surface area contributed by atoms with Crippen LogP contribution in [0.2, 0.25) is 0 Å². The Labute approximate surface area is 152 Å². The maximum Gasteiger partial charge on any atom is 0.266 e. The Balaban J connectivity index is 1.60. The summed E-state index contributed by atoms with van der Waals surface area (Å²) in [6.45, 7) is 0.258. The minimum atomic E-state index is -0.189. The van der Waals surface area contributed by atoms with Crippen molar-refractivity contribution in [1.29, 1.82) is 0 Å². The number of aromatic nitrogens is 1. The molecule has 1 saturated heterocycles. The van der Waals surface area contributed by atoms with Gasteiger partial charge in [-0.2, -0.15) is 0 Å². The Hall–Kier alpha value is -2.03. The summed E-state index contributed by atoms with van der Waals surface area (Å²) in [5.41, 5.74) is 0.944. The van der Waals surface area contributed by atoms with Crippen LogP contribution in [0.5, 0.6) is 0 Å². The summed E-state index contributed by atoms with van der Waals surface area (Å²) >= 11 is 7.87. The lowest BCUT2D eigenvalue weighted by Gasteiger charge is -2.13. The molecule has 0 bridgehead atoms. The van der Waals surface area contributed by atoms with Crippen LogP contribution in [-0.4, -0.2) is 32.6 Å². The molecule has 122 valence electrons. The van der Waals surface area contributed by atoms with E-state index < -0.39 is 0 Å². The molecule has 1 aliphatic rings. The number of nitrogens with zero attached hydrogens (tertiary/aromatic N) is 2. The van der Waals surface area contributed by atoms with Gasteiger partial charge < -0.3 is 5.32 Å². The Bertz CT molecular complexity index is 788. The third-order valence-corrected chi connectivity index (χ3v) is 5.28. The quantitative estimate of drug-likeness (QED) is 0.641. The lowest BCUT2D eigenvalue weighted by Crippen LogP contribution is -2.31. The third kappa shape index (κ3) is 4.08. The molecule has 1 aromatic carbocycles. The number of rotatable bonds is 5. The van der Waals surface area contributed by atoms with E-state index in [1.165, 1.54) is 28.0 Å².